The lowest BCUT2D eigenvalue weighted by molar-refractivity contribution is 0.318. The summed E-state index contributed by atoms with van der Waals surface area (Å²) >= 11 is 0. The number of hydrogen-bond acceptors (Lipinski definition) is 4. The SMILES string of the molecule is Cc1cc(C)cc(NCc2cccnc2C(N)=NO)c1. The average Bonchev–Trinajstić information content (AvgIpc) is 2.43. The standard InChI is InChI=1S/C15H18N4O/c1-10-6-11(2)8-13(7-10)18-9-12-4-3-5-17-14(12)15(16)19-20/h3-8,18,20H,9H2,1-2H3,(H2,16,19). The Bertz CT molecular complexity index is 617. The fraction of sp³-hybridized carbons (Fsp3) is 0.200. The molecule has 0 aliphatic carbocycles. The smallest absolute Gasteiger partial charge is 0.189 e. The number of pyridine rings is 1. The number of oxime groups is 1. The van der Waals surface area contributed by atoms with Crippen LogP contribution in [0, 0.1) is 13.8 Å². The highest BCUT2D eigenvalue weighted by Crippen LogP contribution is 2.15. The zero-order chi connectivity index (χ0) is 14.5. The Labute approximate surface area is 118 Å². The zero-order valence-electron chi connectivity index (χ0n) is 11.6. The summed E-state index contributed by atoms with van der Waals surface area (Å²) in [4.78, 5) is 4.14. The Hall–Kier alpha value is -2.56. The first kappa shape index (κ1) is 13.9. The predicted octanol–water partition coefficient (Wildman–Crippen LogP) is 2.41. The first-order valence-corrected chi connectivity index (χ1v) is 6.34. The molecule has 4 N–H and O–H groups in total. The van der Waals surface area contributed by atoms with Crippen LogP contribution in [0.5, 0.6) is 0 Å². The molecule has 2 aromatic rings. The first-order chi connectivity index (χ1) is 9.60. The minimum Gasteiger partial charge on any atom is -0.409 e. The number of rotatable bonds is 4. The van der Waals surface area contributed by atoms with Crippen LogP contribution in [0.2, 0.25) is 0 Å². The van der Waals surface area contributed by atoms with Gasteiger partial charge < -0.3 is 16.3 Å². The zero-order valence-corrected chi connectivity index (χ0v) is 11.6. The molecule has 0 fully saturated rings. The molecule has 0 saturated heterocycles. The van der Waals surface area contributed by atoms with E-state index in [0.29, 0.717) is 12.2 Å². The molecule has 5 heteroatoms. The van der Waals surface area contributed by atoms with Crippen LogP contribution >= 0.6 is 0 Å². The molecule has 0 atom stereocenters. The molecule has 5 nitrogen and oxygen atoms in total. The topological polar surface area (TPSA) is 83.5 Å². The summed E-state index contributed by atoms with van der Waals surface area (Å²) in [6.45, 7) is 4.68. The average molecular weight is 270 g/mol. The number of hydrogen-bond donors (Lipinski definition) is 3. The van der Waals surface area contributed by atoms with E-state index >= 15 is 0 Å². The van der Waals surface area contributed by atoms with Crippen LogP contribution in [-0.2, 0) is 6.54 Å². The van der Waals surface area contributed by atoms with Gasteiger partial charge in [-0.15, -0.1) is 0 Å². The van der Waals surface area contributed by atoms with Crippen molar-refractivity contribution in [3.63, 3.8) is 0 Å². The fourth-order valence-corrected chi connectivity index (χ4v) is 2.13. The third kappa shape index (κ3) is 3.26. The molecule has 1 aromatic carbocycles. The molecule has 0 aliphatic heterocycles. The predicted molar refractivity (Wildman–Crippen MR) is 80.0 cm³/mol. The molecular weight excluding hydrogens is 252 g/mol. The van der Waals surface area contributed by atoms with E-state index in [9.17, 15) is 0 Å². The second kappa shape index (κ2) is 6.06. The van der Waals surface area contributed by atoms with E-state index in [4.69, 9.17) is 10.9 Å². The van der Waals surface area contributed by atoms with E-state index in [-0.39, 0.29) is 5.84 Å². The summed E-state index contributed by atoms with van der Waals surface area (Å²) in [6, 6.07) is 10.00. The second-order valence-corrected chi connectivity index (χ2v) is 4.73. The van der Waals surface area contributed by atoms with Crippen LogP contribution < -0.4 is 11.1 Å². The van der Waals surface area contributed by atoms with Crippen molar-refractivity contribution in [1.29, 1.82) is 0 Å². The number of nitrogens with one attached hydrogen (secondary N) is 1. The second-order valence-electron chi connectivity index (χ2n) is 4.73. The molecule has 0 aliphatic rings. The van der Waals surface area contributed by atoms with Gasteiger partial charge in [0.25, 0.3) is 0 Å². The molecule has 0 bridgehead atoms. The maximum atomic E-state index is 8.77. The van der Waals surface area contributed by atoms with Gasteiger partial charge in [-0.3, -0.25) is 4.98 Å². The van der Waals surface area contributed by atoms with E-state index in [1.165, 1.54) is 11.1 Å². The van der Waals surface area contributed by atoms with Gasteiger partial charge in [-0.05, 0) is 43.2 Å². The number of benzene rings is 1. The number of nitrogens with two attached hydrogens (primary N) is 1. The van der Waals surface area contributed by atoms with Crippen LogP contribution in [0.1, 0.15) is 22.4 Å². The molecule has 20 heavy (non-hydrogen) atoms. The minimum atomic E-state index is 0.0165. The third-order valence-electron chi connectivity index (χ3n) is 2.95. The van der Waals surface area contributed by atoms with E-state index < -0.39 is 0 Å². The Kier molecular flexibility index (Phi) is 4.20. The van der Waals surface area contributed by atoms with E-state index in [1.54, 1.807) is 6.20 Å². The Balaban J connectivity index is 2.19. The number of aromatic nitrogens is 1. The van der Waals surface area contributed by atoms with Crippen LogP contribution in [0.15, 0.2) is 41.7 Å². The number of nitrogens with zero attached hydrogens (tertiary/aromatic N) is 2. The maximum absolute atomic E-state index is 8.77. The minimum absolute atomic E-state index is 0.0165. The summed E-state index contributed by atoms with van der Waals surface area (Å²) in [5, 5.41) is 15.1. The van der Waals surface area contributed by atoms with Gasteiger partial charge in [0.15, 0.2) is 5.84 Å². The number of anilines is 1. The van der Waals surface area contributed by atoms with Crippen LogP contribution in [0.4, 0.5) is 5.69 Å². The van der Waals surface area contributed by atoms with Crippen LogP contribution in [0.3, 0.4) is 0 Å². The van der Waals surface area contributed by atoms with Crippen molar-refractivity contribution in [2.45, 2.75) is 20.4 Å². The van der Waals surface area contributed by atoms with Crippen molar-refractivity contribution in [2.24, 2.45) is 10.9 Å². The monoisotopic (exact) mass is 270 g/mol. The molecule has 2 rings (SSSR count). The highest BCUT2D eigenvalue weighted by atomic mass is 16.4. The van der Waals surface area contributed by atoms with Crippen molar-refractivity contribution < 1.29 is 5.21 Å². The molecule has 0 unspecified atom stereocenters. The van der Waals surface area contributed by atoms with Gasteiger partial charge in [0.1, 0.15) is 5.69 Å². The van der Waals surface area contributed by atoms with E-state index in [0.717, 1.165) is 11.3 Å². The highest BCUT2D eigenvalue weighted by molar-refractivity contribution is 5.96. The summed E-state index contributed by atoms with van der Waals surface area (Å²) in [5.74, 6) is 0.0165. The van der Waals surface area contributed by atoms with Gasteiger partial charge >= 0.3 is 0 Å². The molecular formula is C15H18N4O. The van der Waals surface area contributed by atoms with Crippen molar-refractivity contribution >= 4 is 11.5 Å². The fourth-order valence-electron chi connectivity index (χ4n) is 2.13. The maximum Gasteiger partial charge on any atom is 0.189 e. The number of amidine groups is 1. The van der Waals surface area contributed by atoms with Gasteiger partial charge in [0.2, 0.25) is 0 Å². The van der Waals surface area contributed by atoms with Crippen molar-refractivity contribution in [1.82, 2.24) is 4.98 Å². The quantitative estimate of drug-likeness (QED) is 0.345. The highest BCUT2D eigenvalue weighted by Gasteiger charge is 2.07. The van der Waals surface area contributed by atoms with Crippen molar-refractivity contribution in [3.8, 4) is 0 Å². The van der Waals surface area contributed by atoms with E-state index in [1.807, 2.05) is 12.1 Å². The number of aryl methyl sites for hydroxylation is 2. The Morgan fingerprint density at radius 3 is 2.65 bits per heavy atom. The normalized spacial score (nSPS) is 11.4. The first-order valence-electron chi connectivity index (χ1n) is 6.34. The lowest BCUT2D eigenvalue weighted by Crippen LogP contribution is -2.18. The van der Waals surface area contributed by atoms with Crippen LogP contribution in [-0.4, -0.2) is 16.0 Å². The summed E-state index contributed by atoms with van der Waals surface area (Å²) in [5.41, 5.74) is 10.4. The van der Waals surface area contributed by atoms with Gasteiger partial charge in [0.05, 0.1) is 0 Å². The largest absolute Gasteiger partial charge is 0.409 e. The molecule has 1 aromatic heterocycles. The molecule has 0 saturated carbocycles. The van der Waals surface area contributed by atoms with Crippen molar-refractivity contribution in [2.75, 3.05) is 5.32 Å². The third-order valence-corrected chi connectivity index (χ3v) is 2.95. The summed E-state index contributed by atoms with van der Waals surface area (Å²) in [6.07, 6.45) is 1.62. The van der Waals surface area contributed by atoms with E-state index in [2.05, 4.69) is 47.5 Å². The Morgan fingerprint density at radius 2 is 2.00 bits per heavy atom. The lowest BCUT2D eigenvalue weighted by Gasteiger charge is -2.11. The Morgan fingerprint density at radius 1 is 1.30 bits per heavy atom. The molecule has 0 spiro atoms. The molecule has 104 valence electrons. The molecule has 0 radical (unpaired) electrons. The van der Waals surface area contributed by atoms with Gasteiger partial charge in [-0.25, -0.2) is 0 Å². The van der Waals surface area contributed by atoms with Gasteiger partial charge in [-0.2, -0.15) is 0 Å². The van der Waals surface area contributed by atoms with Gasteiger partial charge in [-0.1, -0.05) is 17.3 Å². The lowest BCUT2D eigenvalue weighted by atomic mass is 10.1. The summed E-state index contributed by atoms with van der Waals surface area (Å²) < 4.78 is 0. The van der Waals surface area contributed by atoms with Gasteiger partial charge in [0, 0.05) is 24.0 Å². The molecule has 0 amide bonds. The summed E-state index contributed by atoms with van der Waals surface area (Å²) in [7, 11) is 0. The molecule has 1 heterocycles. The van der Waals surface area contributed by atoms with Crippen LogP contribution in [0.25, 0.3) is 0 Å². The van der Waals surface area contributed by atoms with Crippen molar-refractivity contribution in [3.05, 3.63) is 58.9 Å².